The Morgan fingerprint density at radius 3 is 2.87 bits per heavy atom. The van der Waals surface area contributed by atoms with Gasteiger partial charge in [0, 0.05) is 59.4 Å². The first-order valence-electron chi connectivity index (χ1n) is 7.73. The van der Waals surface area contributed by atoms with Crippen molar-refractivity contribution in [3.63, 3.8) is 0 Å². The van der Waals surface area contributed by atoms with Gasteiger partial charge in [-0.05, 0) is 30.2 Å². The van der Waals surface area contributed by atoms with Crippen LogP contribution < -0.4 is 15.5 Å². The monoisotopic (exact) mass is 315 g/mol. The maximum absolute atomic E-state index is 4.32. The molecule has 0 atom stereocenters. The summed E-state index contributed by atoms with van der Waals surface area (Å²) in [5.41, 5.74) is 1.17. The van der Waals surface area contributed by atoms with E-state index in [-0.39, 0.29) is 0 Å². The lowest BCUT2D eigenvalue weighted by atomic mass is 10.2. The Hall–Kier alpha value is -2.57. The van der Waals surface area contributed by atoms with E-state index >= 15 is 0 Å². The van der Waals surface area contributed by atoms with Gasteiger partial charge in [0.05, 0.1) is 0 Å². The van der Waals surface area contributed by atoms with Gasteiger partial charge in [-0.1, -0.05) is 0 Å². The highest BCUT2D eigenvalue weighted by atomic mass is 15.3. The van der Waals surface area contributed by atoms with Crippen LogP contribution in [0.15, 0.2) is 41.8 Å². The molecule has 2 rings (SSSR count). The Balaban J connectivity index is 1.73. The van der Waals surface area contributed by atoms with Crippen LogP contribution in [0.4, 0.5) is 5.82 Å². The van der Waals surface area contributed by atoms with Gasteiger partial charge < -0.3 is 15.5 Å². The molecule has 0 aliphatic rings. The fraction of sp³-hybridized carbons (Fsp3) is 0.438. The highest BCUT2D eigenvalue weighted by Gasteiger charge is 2.01. The summed E-state index contributed by atoms with van der Waals surface area (Å²) in [5.74, 6) is 1.75. The molecule has 0 amide bonds. The summed E-state index contributed by atoms with van der Waals surface area (Å²) in [6.07, 6.45) is 6.58. The molecule has 0 saturated heterocycles. The Morgan fingerprint density at radius 2 is 2.17 bits per heavy atom. The number of nitrogens with one attached hydrogen (secondary N) is 2. The third-order valence-electron chi connectivity index (χ3n) is 3.37. The highest BCUT2D eigenvalue weighted by Crippen LogP contribution is 2.09. The zero-order valence-electron chi connectivity index (χ0n) is 14.0. The molecule has 0 unspecified atom stereocenters. The van der Waals surface area contributed by atoms with Crippen molar-refractivity contribution >= 4 is 11.8 Å². The molecule has 7 nitrogen and oxygen atoms in total. The first-order valence-corrected chi connectivity index (χ1v) is 7.73. The second-order valence-electron chi connectivity index (χ2n) is 5.39. The van der Waals surface area contributed by atoms with Crippen LogP contribution in [0.5, 0.6) is 0 Å². The van der Waals surface area contributed by atoms with Gasteiger partial charge in [0.25, 0.3) is 0 Å². The Labute approximate surface area is 137 Å². The molecule has 0 spiro atoms. The van der Waals surface area contributed by atoms with Crippen molar-refractivity contribution in [1.82, 2.24) is 25.4 Å². The minimum atomic E-state index is 0.711. The van der Waals surface area contributed by atoms with Crippen molar-refractivity contribution in [3.05, 3.63) is 42.4 Å². The standard InChI is InChI=1S/C16H25N7/c1-17-16(19-7-4-10-23-11-5-8-21-23)20-13-14-6-9-18-15(12-14)22(2)3/h5-6,8-9,11-12H,4,7,10,13H2,1-3H3,(H2,17,19,20). The molecule has 0 radical (unpaired) electrons. The lowest BCUT2D eigenvalue weighted by molar-refractivity contribution is 0.570. The molecule has 0 fully saturated rings. The maximum Gasteiger partial charge on any atom is 0.191 e. The van der Waals surface area contributed by atoms with Crippen LogP contribution in [0.1, 0.15) is 12.0 Å². The van der Waals surface area contributed by atoms with Crippen molar-refractivity contribution in [3.8, 4) is 0 Å². The van der Waals surface area contributed by atoms with Gasteiger partial charge in [0.1, 0.15) is 5.82 Å². The molecule has 2 N–H and O–H groups in total. The van der Waals surface area contributed by atoms with Crippen LogP contribution in [0.2, 0.25) is 0 Å². The topological polar surface area (TPSA) is 70.4 Å². The third kappa shape index (κ3) is 5.61. The minimum Gasteiger partial charge on any atom is -0.363 e. The van der Waals surface area contributed by atoms with E-state index in [0.29, 0.717) is 6.54 Å². The second-order valence-corrected chi connectivity index (χ2v) is 5.39. The van der Waals surface area contributed by atoms with E-state index in [1.54, 1.807) is 13.2 Å². The quantitative estimate of drug-likeness (QED) is 0.455. The molecule has 0 aromatic carbocycles. The van der Waals surface area contributed by atoms with Crippen LogP contribution in [0.3, 0.4) is 0 Å². The zero-order valence-corrected chi connectivity index (χ0v) is 14.0. The molecule has 0 aliphatic heterocycles. The number of pyridine rings is 1. The van der Waals surface area contributed by atoms with E-state index in [4.69, 9.17) is 0 Å². The van der Waals surface area contributed by atoms with Crippen LogP contribution in [-0.2, 0) is 13.1 Å². The van der Waals surface area contributed by atoms with E-state index in [0.717, 1.165) is 31.3 Å². The molecular weight excluding hydrogens is 290 g/mol. The summed E-state index contributed by atoms with van der Waals surface area (Å²) in [7, 11) is 5.75. The molecular formula is C16H25N7. The van der Waals surface area contributed by atoms with E-state index in [9.17, 15) is 0 Å². The number of anilines is 1. The molecule has 2 heterocycles. The van der Waals surface area contributed by atoms with Gasteiger partial charge in [0.2, 0.25) is 0 Å². The zero-order chi connectivity index (χ0) is 16.5. The molecule has 23 heavy (non-hydrogen) atoms. The van der Waals surface area contributed by atoms with Gasteiger partial charge >= 0.3 is 0 Å². The van der Waals surface area contributed by atoms with Crippen LogP contribution in [0, 0.1) is 0 Å². The lowest BCUT2D eigenvalue weighted by Crippen LogP contribution is -2.37. The van der Waals surface area contributed by atoms with Crippen LogP contribution in [-0.4, -0.2) is 48.4 Å². The summed E-state index contributed by atoms with van der Waals surface area (Å²) in [6.45, 7) is 2.45. The lowest BCUT2D eigenvalue weighted by Gasteiger charge is -2.14. The average molecular weight is 315 g/mol. The first-order chi connectivity index (χ1) is 11.2. The normalized spacial score (nSPS) is 11.3. The van der Waals surface area contributed by atoms with Crippen molar-refractivity contribution in [2.45, 2.75) is 19.5 Å². The number of aromatic nitrogens is 3. The fourth-order valence-corrected chi connectivity index (χ4v) is 2.10. The van der Waals surface area contributed by atoms with Crippen molar-refractivity contribution in [2.75, 3.05) is 32.6 Å². The molecule has 0 aliphatic carbocycles. The summed E-state index contributed by atoms with van der Waals surface area (Å²) >= 11 is 0. The average Bonchev–Trinajstić information content (AvgIpc) is 3.08. The van der Waals surface area contributed by atoms with Crippen molar-refractivity contribution < 1.29 is 0 Å². The Bertz CT molecular complexity index is 605. The molecule has 124 valence electrons. The van der Waals surface area contributed by atoms with Gasteiger partial charge in [-0.15, -0.1) is 0 Å². The fourth-order valence-electron chi connectivity index (χ4n) is 2.10. The summed E-state index contributed by atoms with van der Waals surface area (Å²) in [6, 6.07) is 6.01. The smallest absolute Gasteiger partial charge is 0.191 e. The maximum atomic E-state index is 4.32. The highest BCUT2D eigenvalue weighted by molar-refractivity contribution is 5.79. The molecule has 2 aromatic rings. The van der Waals surface area contributed by atoms with Crippen molar-refractivity contribution in [2.24, 2.45) is 4.99 Å². The number of hydrogen-bond donors (Lipinski definition) is 2. The van der Waals surface area contributed by atoms with Crippen LogP contribution >= 0.6 is 0 Å². The second kappa shape index (κ2) is 8.77. The molecule has 0 saturated carbocycles. The minimum absolute atomic E-state index is 0.711. The Kier molecular flexibility index (Phi) is 6.40. The third-order valence-corrected chi connectivity index (χ3v) is 3.37. The number of aryl methyl sites for hydroxylation is 1. The predicted octanol–water partition coefficient (Wildman–Crippen LogP) is 1.10. The Morgan fingerprint density at radius 1 is 1.30 bits per heavy atom. The van der Waals surface area contributed by atoms with Crippen molar-refractivity contribution in [1.29, 1.82) is 0 Å². The van der Waals surface area contributed by atoms with Gasteiger partial charge in [-0.3, -0.25) is 9.67 Å². The van der Waals surface area contributed by atoms with E-state index in [2.05, 4.69) is 31.8 Å². The van der Waals surface area contributed by atoms with E-state index < -0.39 is 0 Å². The molecule has 7 heteroatoms. The number of hydrogen-bond acceptors (Lipinski definition) is 4. The van der Waals surface area contributed by atoms with E-state index in [1.807, 2.05) is 48.2 Å². The number of guanidine groups is 1. The number of rotatable bonds is 7. The summed E-state index contributed by atoms with van der Waals surface area (Å²) < 4.78 is 1.93. The molecule has 2 aromatic heterocycles. The summed E-state index contributed by atoms with van der Waals surface area (Å²) in [4.78, 5) is 10.5. The van der Waals surface area contributed by atoms with Gasteiger partial charge in [0.15, 0.2) is 5.96 Å². The van der Waals surface area contributed by atoms with Crippen LogP contribution in [0.25, 0.3) is 0 Å². The SMILES string of the molecule is CN=C(NCCCn1cccn1)NCc1ccnc(N(C)C)c1. The van der Waals surface area contributed by atoms with Gasteiger partial charge in [-0.2, -0.15) is 5.10 Å². The van der Waals surface area contributed by atoms with Gasteiger partial charge in [-0.25, -0.2) is 4.98 Å². The first kappa shape index (κ1) is 16.8. The number of aliphatic imine (C=N–C) groups is 1. The predicted molar refractivity (Wildman–Crippen MR) is 93.6 cm³/mol. The van der Waals surface area contributed by atoms with E-state index in [1.165, 1.54) is 5.56 Å². The molecule has 0 bridgehead atoms. The largest absolute Gasteiger partial charge is 0.363 e. The number of nitrogens with zero attached hydrogens (tertiary/aromatic N) is 5. The summed E-state index contributed by atoms with van der Waals surface area (Å²) in [5, 5.41) is 10.8.